The zero-order valence-electron chi connectivity index (χ0n) is 15.2. The monoisotopic (exact) mass is 552 g/mol. The van der Waals surface area contributed by atoms with Crippen LogP contribution in [0.1, 0.15) is 5.69 Å². The van der Waals surface area contributed by atoms with E-state index in [0.29, 0.717) is 22.5 Å². The number of rotatable bonds is 6. The van der Waals surface area contributed by atoms with E-state index < -0.39 is 11.3 Å². The number of anilines is 3. The summed E-state index contributed by atoms with van der Waals surface area (Å²) in [6, 6.07) is 16.6. The maximum Gasteiger partial charge on any atom is 0.195 e. The van der Waals surface area contributed by atoms with Crippen molar-refractivity contribution in [3.8, 4) is 0 Å². The molecule has 0 aliphatic heterocycles. The molecular formula is C18H15N6O2PrS2-. The second kappa shape index (κ2) is 9.95. The van der Waals surface area contributed by atoms with Gasteiger partial charge >= 0.3 is 0 Å². The molecular weight excluding hydrogens is 537 g/mol. The molecule has 2 aromatic carbocycles. The van der Waals surface area contributed by atoms with Crippen molar-refractivity contribution in [1.29, 1.82) is 0 Å². The molecule has 0 fully saturated rings. The van der Waals surface area contributed by atoms with Crippen molar-refractivity contribution in [2.45, 2.75) is 17.0 Å². The predicted molar refractivity (Wildman–Crippen MR) is 109 cm³/mol. The number of fused-ring (bicyclic) bond motifs is 1. The molecule has 1 radical (unpaired) electrons. The maximum absolute atomic E-state index is 10.7. The molecule has 0 aliphatic rings. The van der Waals surface area contributed by atoms with E-state index >= 15 is 0 Å². The van der Waals surface area contributed by atoms with E-state index in [-0.39, 0.29) is 41.3 Å². The van der Waals surface area contributed by atoms with Crippen LogP contribution in [0, 0.1) is 48.2 Å². The van der Waals surface area contributed by atoms with E-state index in [4.69, 9.17) is 0 Å². The summed E-state index contributed by atoms with van der Waals surface area (Å²) < 4.78 is 23.7. The summed E-state index contributed by atoms with van der Waals surface area (Å²) in [6.07, 6.45) is 0. The van der Waals surface area contributed by atoms with Crippen LogP contribution in [-0.2, 0) is 11.3 Å². The van der Waals surface area contributed by atoms with Gasteiger partial charge in [0.2, 0.25) is 0 Å². The third kappa shape index (κ3) is 5.73. The van der Waals surface area contributed by atoms with Crippen molar-refractivity contribution in [2.24, 2.45) is 0 Å². The first-order chi connectivity index (χ1) is 13.6. The number of benzene rings is 2. The maximum atomic E-state index is 10.7. The summed E-state index contributed by atoms with van der Waals surface area (Å²) in [7, 11) is 0. The Balaban J connectivity index is 0.00000240. The first kappa shape index (κ1) is 22.1. The second-order valence-electron chi connectivity index (χ2n) is 5.90. The number of nitrogens with zero attached hydrogens (tertiary/aromatic N) is 3. The Morgan fingerprint density at radius 1 is 1.10 bits per heavy atom. The van der Waals surface area contributed by atoms with Crippen LogP contribution in [-0.4, -0.2) is 28.9 Å². The first-order valence-corrected chi connectivity index (χ1v) is 10.2. The van der Waals surface area contributed by atoms with Crippen molar-refractivity contribution in [3.63, 3.8) is 0 Å². The van der Waals surface area contributed by atoms with Gasteiger partial charge in [0.05, 0.1) is 5.52 Å². The molecule has 0 amide bonds. The number of hydrogen-bond acceptors (Lipinski definition) is 7. The number of para-hydroxylation sites is 1. The van der Waals surface area contributed by atoms with Crippen molar-refractivity contribution in [3.05, 3.63) is 60.3 Å². The molecule has 2 aromatic heterocycles. The van der Waals surface area contributed by atoms with Crippen molar-refractivity contribution in [1.82, 2.24) is 20.2 Å². The van der Waals surface area contributed by atoms with Crippen LogP contribution in [0.4, 0.5) is 17.3 Å². The van der Waals surface area contributed by atoms with Gasteiger partial charge in [-0.05, 0) is 55.1 Å². The van der Waals surface area contributed by atoms with Gasteiger partial charge < -0.3 is 14.6 Å². The molecule has 2 heterocycles. The molecule has 3 N–H and O–H groups in total. The molecule has 29 heavy (non-hydrogen) atoms. The largest absolute Gasteiger partial charge is 0.755 e. The van der Waals surface area contributed by atoms with Crippen LogP contribution in [0.15, 0.2) is 64.6 Å². The van der Waals surface area contributed by atoms with Crippen molar-refractivity contribution < 1.29 is 50.1 Å². The van der Waals surface area contributed by atoms with Crippen LogP contribution in [0.5, 0.6) is 0 Å². The van der Waals surface area contributed by atoms with E-state index in [0.717, 1.165) is 21.5 Å². The summed E-state index contributed by atoms with van der Waals surface area (Å²) in [5, 5.41) is 11.8. The molecule has 0 aliphatic carbocycles. The van der Waals surface area contributed by atoms with Gasteiger partial charge in [-0.1, -0.05) is 12.1 Å². The summed E-state index contributed by atoms with van der Waals surface area (Å²) in [5.74, 6) is 1.35. The van der Waals surface area contributed by atoms with Gasteiger partial charge in [-0.3, -0.25) is 9.31 Å². The van der Waals surface area contributed by atoms with Gasteiger partial charge in [0.1, 0.15) is 5.82 Å². The molecule has 8 nitrogen and oxygen atoms in total. The van der Waals surface area contributed by atoms with Crippen LogP contribution in [0.25, 0.3) is 10.9 Å². The predicted octanol–water partition coefficient (Wildman–Crippen LogP) is 3.76. The minimum atomic E-state index is -2.35. The van der Waals surface area contributed by atoms with Gasteiger partial charge in [-0.15, -0.1) is 0 Å². The van der Waals surface area contributed by atoms with Crippen LogP contribution >= 0.6 is 11.8 Å². The fraction of sp³-hybridized carbons (Fsp3) is 0.0556. The fourth-order valence-corrected chi connectivity index (χ4v) is 3.68. The SMILES string of the molecule is Cc1cc(Nc2nc(Sc3ccc(NS(=O)[O-])cc3)nc3ccccc23)n[nH]1.[Pr]. The minimum Gasteiger partial charge on any atom is -0.755 e. The molecule has 11 heteroatoms. The zero-order valence-corrected chi connectivity index (χ0v) is 20.6. The molecule has 145 valence electrons. The average molecular weight is 552 g/mol. The minimum absolute atomic E-state index is 0. The Morgan fingerprint density at radius 3 is 2.55 bits per heavy atom. The average Bonchev–Trinajstić information content (AvgIpc) is 3.08. The quantitative estimate of drug-likeness (QED) is 0.246. The summed E-state index contributed by atoms with van der Waals surface area (Å²) in [5.41, 5.74) is 2.26. The number of aromatic amines is 1. The Kier molecular flexibility index (Phi) is 7.58. The van der Waals surface area contributed by atoms with E-state index in [9.17, 15) is 8.76 Å². The standard InChI is InChI=1S/C18H16N6O2S2.Pr/c1-11-10-16(23-22-11)20-17-14-4-2-3-5-15(14)19-18(21-17)27-13-8-6-12(7-9-13)24-28(25)26;/h2-10,24H,1H3,(H,25,26)(H2,19,20,21,22,23);/p-1. The number of aromatic nitrogens is 4. The van der Waals surface area contributed by atoms with Gasteiger partial charge in [-0.2, -0.15) is 5.10 Å². The summed E-state index contributed by atoms with van der Waals surface area (Å²) in [6.45, 7) is 1.93. The van der Waals surface area contributed by atoms with Gasteiger partial charge in [0.15, 0.2) is 11.0 Å². The van der Waals surface area contributed by atoms with Crippen LogP contribution in [0.3, 0.4) is 0 Å². The zero-order chi connectivity index (χ0) is 19.5. The Morgan fingerprint density at radius 2 is 1.86 bits per heavy atom. The normalized spacial score (nSPS) is 11.7. The Hall–Kier alpha value is -1.59. The Labute approximate surface area is 207 Å². The number of hydrogen-bond donors (Lipinski definition) is 3. The second-order valence-corrected chi connectivity index (χ2v) is 7.61. The first-order valence-electron chi connectivity index (χ1n) is 8.26. The molecule has 0 bridgehead atoms. The summed E-state index contributed by atoms with van der Waals surface area (Å²) in [4.78, 5) is 10.2. The Bertz CT molecular complexity index is 1150. The van der Waals surface area contributed by atoms with Gasteiger partial charge in [0.25, 0.3) is 0 Å². The van der Waals surface area contributed by atoms with Crippen molar-refractivity contribution in [2.75, 3.05) is 10.0 Å². The van der Waals surface area contributed by atoms with E-state index in [1.165, 1.54) is 11.8 Å². The smallest absolute Gasteiger partial charge is 0.195 e. The third-order valence-electron chi connectivity index (χ3n) is 3.80. The third-order valence-corrected chi connectivity index (χ3v) is 5.08. The number of aryl methyl sites for hydroxylation is 1. The molecule has 1 unspecified atom stereocenters. The van der Waals surface area contributed by atoms with Gasteiger partial charge in [0, 0.05) is 80.3 Å². The molecule has 0 spiro atoms. The molecule has 4 aromatic rings. The van der Waals surface area contributed by atoms with E-state index in [1.807, 2.05) is 49.4 Å². The van der Waals surface area contributed by atoms with Gasteiger partial charge in [-0.25, -0.2) is 9.97 Å². The van der Waals surface area contributed by atoms with E-state index in [2.05, 4.69) is 30.2 Å². The fourth-order valence-electron chi connectivity index (χ4n) is 2.59. The van der Waals surface area contributed by atoms with Crippen LogP contribution < -0.4 is 10.0 Å². The van der Waals surface area contributed by atoms with Crippen molar-refractivity contribution >= 4 is 51.3 Å². The molecule has 0 saturated heterocycles. The topological polar surface area (TPSA) is 119 Å². The molecule has 0 saturated carbocycles. The van der Waals surface area contributed by atoms with Crippen LogP contribution in [0.2, 0.25) is 0 Å². The molecule has 1 atom stereocenters. The number of nitrogens with one attached hydrogen (secondary N) is 3. The number of H-pyrrole nitrogens is 1. The van der Waals surface area contributed by atoms with E-state index in [1.54, 1.807) is 12.1 Å². The summed E-state index contributed by atoms with van der Waals surface area (Å²) >= 11 is -0.958. The molecule has 4 rings (SSSR count).